The van der Waals surface area contributed by atoms with Gasteiger partial charge < -0.3 is 15.0 Å². The average molecular weight is 415 g/mol. The van der Waals surface area contributed by atoms with Crippen LogP contribution in [0.5, 0.6) is 0 Å². The molecule has 1 aliphatic heterocycles. The third kappa shape index (κ3) is 5.58. The second kappa shape index (κ2) is 10.0. The minimum Gasteiger partial charge on any atom is -0.372 e. The van der Waals surface area contributed by atoms with Crippen LogP contribution in [0.1, 0.15) is 39.9 Å². The smallest absolute Gasteiger partial charge is 0.251 e. The van der Waals surface area contributed by atoms with Crippen LogP contribution in [-0.4, -0.2) is 18.4 Å². The van der Waals surface area contributed by atoms with E-state index in [1.807, 2.05) is 66.7 Å². The number of anilines is 1. The maximum atomic E-state index is 12.5. The summed E-state index contributed by atoms with van der Waals surface area (Å²) in [4.78, 5) is 26.1. The second-order valence-corrected chi connectivity index (χ2v) is 7.68. The molecule has 0 aliphatic carbocycles. The Balaban J connectivity index is 1.28. The number of amides is 2. The molecule has 3 aromatic carbocycles. The molecule has 0 spiro atoms. The van der Waals surface area contributed by atoms with Gasteiger partial charge in [-0.2, -0.15) is 0 Å². The van der Waals surface area contributed by atoms with E-state index in [2.05, 4.69) is 5.32 Å². The molecule has 0 saturated carbocycles. The Bertz CT molecular complexity index is 1030. The first-order chi connectivity index (χ1) is 15.2. The fourth-order valence-electron chi connectivity index (χ4n) is 3.69. The first-order valence-corrected chi connectivity index (χ1v) is 10.6. The van der Waals surface area contributed by atoms with Crippen molar-refractivity contribution in [3.8, 4) is 0 Å². The Morgan fingerprint density at radius 3 is 2.32 bits per heavy atom. The van der Waals surface area contributed by atoms with E-state index < -0.39 is 0 Å². The molecular formula is C26H26N2O3. The monoisotopic (exact) mass is 414 g/mol. The van der Waals surface area contributed by atoms with Crippen molar-refractivity contribution < 1.29 is 14.3 Å². The molecule has 158 valence electrons. The molecular weight excluding hydrogens is 388 g/mol. The van der Waals surface area contributed by atoms with Crippen molar-refractivity contribution in [3.05, 3.63) is 101 Å². The molecule has 4 rings (SSSR count). The van der Waals surface area contributed by atoms with E-state index >= 15 is 0 Å². The molecule has 5 nitrogen and oxygen atoms in total. The van der Waals surface area contributed by atoms with Crippen molar-refractivity contribution in [1.82, 2.24) is 5.32 Å². The quantitative estimate of drug-likeness (QED) is 0.592. The van der Waals surface area contributed by atoms with Gasteiger partial charge in [-0.1, -0.05) is 54.6 Å². The summed E-state index contributed by atoms with van der Waals surface area (Å²) in [5, 5.41) is 2.96. The standard InChI is InChI=1S/C26H26N2O3/c29-25-10-5-15-28(25)24-13-11-23(12-14-24)26(30)27-17-21-8-4-9-22(16-21)19-31-18-20-6-2-1-3-7-20/h1-4,6-9,11-14,16H,5,10,15,17-19H2,(H,27,30). The predicted molar refractivity (Wildman–Crippen MR) is 121 cm³/mol. The van der Waals surface area contributed by atoms with Gasteiger partial charge in [-0.05, 0) is 47.4 Å². The number of ether oxygens (including phenoxy) is 1. The third-order valence-electron chi connectivity index (χ3n) is 5.34. The molecule has 0 bridgehead atoms. The number of nitrogens with one attached hydrogen (secondary N) is 1. The topological polar surface area (TPSA) is 58.6 Å². The number of rotatable bonds is 8. The summed E-state index contributed by atoms with van der Waals surface area (Å²) in [5.41, 5.74) is 4.67. The summed E-state index contributed by atoms with van der Waals surface area (Å²) in [7, 11) is 0. The Hall–Kier alpha value is -3.44. The lowest BCUT2D eigenvalue weighted by Crippen LogP contribution is -2.25. The minimum atomic E-state index is -0.134. The van der Waals surface area contributed by atoms with Crippen molar-refractivity contribution in [1.29, 1.82) is 0 Å². The summed E-state index contributed by atoms with van der Waals surface area (Å²) < 4.78 is 5.80. The number of nitrogens with zero attached hydrogens (tertiary/aromatic N) is 1. The predicted octanol–water partition coefficient (Wildman–Crippen LogP) is 4.46. The highest BCUT2D eigenvalue weighted by Gasteiger charge is 2.21. The molecule has 5 heteroatoms. The zero-order valence-electron chi connectivity index (χ0n) is 17.4. The highest BCUT2D eigenvalue weighted by atomic mass is 16.5. The number of benzene rings is 3. The van der Waals surface area contributed by atoms with Crippen LogP contribution < -0.4 is 10.2 Å². The second-order valence-electron chi connectivity index (χ2n) is 7.68. The molecule has 0 unspecified atom stereocenters. The lowest BCUT2D eigenvalue weighted by Gasteiger charge is -2.15. The Kier molecular flexibility index (Phi) is 6.75. The maximum Gasteiger partial charge on any atom is 0.251 e. The van der Waals surface area contributed by atoms with E-state index in [0.29, 0.717) is 31.7 Å². The van der Waals surface area contributed by atoms with Crippen molar-refractivity contribution in [2.24, 2.45) is 0 Å². The summed E-state index contributed by atoms with van der Waals surface area (Å²) in [6.45, 7) is 2.28. The van der Waals surface area contributed by atoms with E-state index in [-0.39, 0.29) is 11.8 Å². The van der Waals surface area contributed by atoms with E-state index in [1.165, 1.54) is 0 Å². The van der Waals surface area contributed by atoms with Gasteiger partial charge in [0, 0.05) is 30.8 Å². The number of carbonyl (C=O) groups is 2. The molecule has 31 heavy (non-hydrogen) atoms. The van der Waals surface area contributed by atoms with Gasteiger partial charge in [0.05, 0.1) is 13.2 Å². The van der Waals surface area contributed by atoms with Gasteiger partial charge in [0.15, 0.2) is 0 Å². The van der Waals surface area contributed by atoms with Gasteiger partial charge in [-0.25, -0.2) is 0 Å². The molecule has 3 aromatic rings. The van der Waals surface area contributed by atoms with E-state index in [1.54, 1.807) is 17.0 Å². The minimum absolute atomic E-state index is 0.134. The largest absolute Gasteiger partial charge is 0.372 e. The molecule has 1 N–H and O–H groups in total. The van der Waals surface area contributed by atoms with Crippen LogP contribution in [0.15, 0.2) is 78.9 Å². The Labute approximate surface area is 182 Å². The van der Waals surface area contributed by atoms with Gasteiger partial charge >= 0.3 is 0 Å². The van der Waals surface area contributed by atoms with Crippen molar-refractivity contribution >= 4 is 17.5 Å². The van der Waals surface area contributed by atoms with Crippen LogP contribution in [-0.2, 0) is 29.3 Å². The maximum absolute atomic E-state index is 12.5. The summed E-state index contributed by atoms with van der Waals surface area (Å²) in [6.07, 6.45) is 1.48. The molecule has 1 fully saturated rings. The summed E-state index contributed by atoms with van der Waals surface area (Å²) >= 11 is 0. The summed E-state index contributed by atoms with van der Waals surface area (Å²) in [6, 6.07) is 25.3. The Morgan fingerprint density at radius 1 is 0.871 bits per heavy atom. The lowest BCUT2D eigenvalue weighted by atomic mass is 10.1. The van der Waals surface area contributed by atoms with Crippen molar-refractivity contribution in [2.75, 3.05) is 11.4 Å². The van der Waals surface area contributed by atoms with Crippen LogP contribution in [0.25, 0.3) is 0 Å². The first kappa shape index (κ1) is 20.8. The molecule has 0 aromatic heterocycles. The molecule has 1 saturated heterocycles. The van der Waals surface area contributed by atoms with E-state index in [4.69, 9.17) is 4.74 Å². The number of hydrogen-bond acceptors (Lipinski definition) is 3. The van der Waals surface area contributed by atoms with Gasteiger partial charge in [0.1, 0.15) is 0 Å². The molecule has 1 aliphatic rings. The van der Waals surface area contributed by atoms with Gasteiger partial charge in [-0.15, -0.1) is 0 Å². The van der Waals surface area contributed by atoms with Crippen molar-refractivity contribution in [3.63, 3.8) is 0 Å². The highest BCUT2D eigenvalue weighted by molar-refractivity contribution is 5.97. The van der Waals surface area contributed by atoms with E-state index in [9.17, 15) is 9.59 Å². The first-order valence-electron chi connectivity index (χ1n) is 10.6. The van der Waals surface area contributed by atoms with Crippen LogP contribution >= 0.6 is 0 Å². The number of carbonyl (C=O) groups excluding carboxylic acids is 2. The van der Waals surface area contributed by atoms with E-state index in [0.717, 1.165) is 35.3 Å². The fourth-order valence-corrected chi connectivity index (χ4v) is 3.69. The normalized spacial score (nSPS) is 13.4. The molecule has 0 radical (unpaired) electrons. The summed E-state index contributed by atoms with van der Waals surface area (Å²) in [5.74, 6) is 0.00913. The SMILES string of the molecule is O=C(NCc1cccc(COCc2ccccc2)c1)c1ccc(N2CCCC2=O)cc1. The Morgan fingerprint density at radius 2 is 1.58 bits per heavy atom. The van der Waals surface area contributed by atoms with Gasteiger partial charge in [0.25, 0.3) is 5.91 Å². The number of hydrogen-bond donors (Lipinski definition) is 1. The fraction of sp³-hybridized carbons (Fsp3) is 0.231. The van der Waals surface area contributed by atoms with Crippen LogP contribution in [0.3, 0.4) is 0 Å². The van der Waals surface area contributed by atoms with Crippen LogP contribution in [0.4, 0.5) is 5.69 Å². The lowest BCUT2D eigenvalue weighted by molar-refractivity contribution is -0.117. The van der Waals surface area contributed by atoms with Gasteiger partial charge in [0.2, 0.25) is 5.91 Å². The van der Waals surface area contributed by atoms with Crippen molar-refractivity contribution in [2.45, 2.75) is 32.6 Å². The zero-order valence-corrected chi connectivity index (χ0v) is 17.4. The van der Waals surface area contributed by atoms with Crippen LogP contribution in [0, 0.1) is 0 Å². The van der Waals surface area contributed by atoms with Gasteiger partial charge in [-0.3, -0.25) is 9.59 Å². The third-order valence-corrected chi connectivity index (χ3v) is 5.34. The highest BCUT2D eigenvalue weighted by Crippen LogP contribution is 2.21. The zero-order chi connectivity index (χ0) is 21.5. The average Bonchev–Trinajstić information content (AvgIpc) is 3.24. The molecule has 2 amide bonds. The molecule has 1 heterocycles. The molecule has 0 atom stereocenters. The van der Waals surface area contributed by atoms with Crippen LogP contribution in [0.2, 0.25) is 0 Å².